The number of hydrogen-bond acceptors (Lipinski definition) is 10. The van der Waals surface area contributed by atoms with Crippen LogP contribution in [0.15, 0.2) is 58.5 Å². The molecular formula is C27H29ClN8O5S. The van der Waals surface area contributed by atoms with Gasteiger partial charge in [-0.25, -0.2) is 17.7 Å². The van der Waals surface area contributed by atoms with E-state index in [-0.39, 0.29) is 33.4 Å². The lowest BCUT2D eigenvalue weighted by Crippen LogP contribution is -2.50. The minimum atomic E-state index is -4.26. The Morgan fingerprint density at radius 2 is 2.00 bits per heavy atom. The van der Waals surface area contributed by atoms with Gasteiger partial charge in [0, 0.05) is 49.6 Å². The average molecular weight is 613 g/mol. The van der Waals surface area contributed by atoms with E-state index >= 15 is 0 Å². The van der Waals surface area contributed by atoms with Gasteiger partial charge in [0.25, 0.3) is 10.0 Å². The Morgan fingerprint density at radius 1 is 1.19 bits per heavy atom. The van der Waals surface area contributed by atoms with Crippen molar-refractivity contribution in [1.29, 1.82) is 0 Å². The van der Waals surface area contributed by atoms with E-state index < -0.39 is 22.0 Å². The van der Waals surface area contributed by atoms with Gasteiger partial charge in [0.2, 0.25) is 5.91 Å². The van der Waals surface area contributed by atoms with Crippen LogP contribution < -0.4 is 10.1 Å². The Labute approximate surface area is 247 Å². The zero-order valence-corrected chi connectivity index (χ0v) is 24.7. The molecule has 42 heavy (non-hydrogen) atoms. The van der Waals surface area contributed by atoms with Crippen molar-refractivity contribution in [3.8, 4) is 5.75 Å². The number of amides is 1. The smallest absolute Gasteiger partial charge is 0.266 e. The Hall–Kier alpha value is -4.01. The number of carbonyl (C=O) groups is 1. The highest BCUT2D eigenvalue weighted by Gasteiger charge is 2.38. The zero-order chi connectivity index (χ0) is 29.6. The number of benzene rings is 2. The van der Waals surface area contributed by atoms with E-state index in [1.165, 1.54) is 24.5 Å². The molecule has 0 saturated carbocycles. The quantitative estimate of drug-likeness (QED) is 0.315. The van der Waals surface area contributed by atoms with Crippen LogP contribution in [-0.4, -0.2) is 74.6 Å². The molecular weight excluding hydrogens is 584 g/mol. The first kappa shape index (κ1) is 28.1. The Morgan fingerprint density at radius 3 is 2.81 bits per heavy atom. The van der Waals surface area contributed by atoms with Crippen molar-refractivity contribution in [2.24, 2.45) is 0 Å². The van der Waals surface area contributed by atoms with Crippen LogP contribution in [-0.2, 0) is 27.8 Å². The highest BCUT2D eigenvalue weighted by atomic mass is 35.5. The van der Waals surface area contributed by atoms with Gasteiger partial charge in [0.05, 0.1) is 23.4 Å². The van der Waals surface area contributed by atoms with Crippen molar-refractivity contribution >= 4 is 38.6 Å². The third kappa shape index (κ3) is 5.10. The van der Waals surface area contributed by atoms with Gasteiger partial charge >= 0.3 is 0 Å². The second kappa shape index (κ2) is 11.0. The molecule has 1 amide bonds. The lowest BCUT2D eigenvalue weighted by Gasteiger charge is -2.31. The number of halogens is 1. The molecule has 220 valence electrons. The third-order valence-corrected chi connectivity index (χ3v) is 9.74. The van der Waals surface area contributed by atoms with Crippen LogP contribution in [0.4, 0.5) is 0 Å². The zero-order valence-electron chi connectivity index (χ0n) is 23.1. The molecule has 0 saturated heterocycles. The summed E-state index contributed by atoms with van der Waals surface area (Å²) in [6.45, 7) is 5.63. The fourth-order valence-electron chi connectivity index (χ4n) is 5.09. The Kier molecular flexibility index (Phi) is 7.37. The molecule has 0 aliphatic carbocycles. The van der Waals surface area contributed by atoms with E-state index in [2.05, 4.69) is 69.9 Å². The number of nitrogens with one attached hydrogen (secondary N) is 1. The standard InChI is InChI=1S/C27H29ClN8O5S/c1-16(2)34(3)14-17-4-5-19-21(8-11-40-23(19)12-17)35-15-18(30-33-35)13-22-27(37)29-9-10-36(22)42(38,39)24-7-6-20(28)25-26(24)32-41-31-25/h4-7,9-10,12,15-16,21-22H,8,11,13-14H2,1-3H3,(H,29,37). The molecule has 1 N–H and O–H groups in total. The molecule has 4 aromatic rings. The number of fused-ring (bicyclic) bond motifs is 2. The molecule has 2 atom stereocenters. The third-order valence-electron chi connectivity index (χ3n) is 7.62. The minimum Gasteiger partial charge on any atom is -0.493 e. The van der Waals surface area contributed by atoms with Crippen molar-refractivity contribution < 1.29 is 22.6 Å². The average Bonchev–Trinajstić information content (AvgIpc) is 3.64. The number of sulfonamides is 1. The fraction of sp³-hybridized carbons (Fsp3) is 0.370. The van der Waals surface area contributed by atoms with Gasteiger partial charge in [0.1, 0.15) is 16.7 Å². The summed E-state index contributed by atoms with van der Waals surface area (Å²) in [5.41, 5.74) is 2.69. The maximum Gasteiger partial charge on any atom is 0.266 e. The van der Waals surface area contributed by atoms with E-state index in [1.54, 1.807) is 10.9 Å². The Bertz CT molecular complexity index is 1790. The second-order valence-electron chi connectivity index (χ2n) is 10.6. The van der Waals surface area contributed by atoms with Crippen molar-refractivity contribution in [2.45, 2.75) is 56.3 Å². The number of carbonyl (C=O) groups excluding carboxylic acids is 1. The summed E-state index contributed by atoms with van der Waals surface area (Å²) in [5, 5.41) is 18.9. The predicted octanol–water partition coefficient (Wildman–Crippen LogP) is 2.88. The van der Waals surface area contributed by atoms with Gasteiger partial charge in [-0.3, -0.25) is 14.0 Å². The number of aromatic nitrogens is 5. The van der Waals surface area contributed by atoms with Crippen LogP contribution in [0.2, 0.25) is 5.02 Å². The van der Waals surface area contributed by atoms with Gasteiger partial charge in [0.15, 0.2) is 11.0 Å². The summed E-state index contributed by atoms with van der Waals surface area (Å²) >= 11 is 6.13. The van der Waals surface area contributed by atoms with Crippen molar-refractivity contribution in [3.05, 3.63) is 70.8 Å². The van der Waals surface area contributed by atoms with Crippen LogP contribution in [0.3, 0.4) is 0 Å². The van der Waals surface area contributed by atoms with E-state index in [1.807, 2.05) is 0 Å². The molecule has 2 aliphatic heterocycles. The van der Waals surface area contributed by atoms with Gasteiger partial charge < -0.3 is 10.1 Å². The largest absolute Gasteiger partial charge is 0.493 e. The van der Waals surface area contributed by atoms with Crippen molar-refractivity contribution in [1.82, 2.24) is 39.8 Å². The molecule has 2 aliphatic rings. The second-order valence-corrected chi connectivity index (χ2v) is 12.8. The maximum absolute atomic E-state index is 13.8. The van der Waals surface area contributed by atoms with Gasteiger partial charge in [-0.15, -0.1) is 5.10 Å². The van der Waals surface area contributed by atoms with E-state index in [9.17, 15) is 13.2 Å². The van der Waals surface area contributed by atoms with Crippen LogP contribution in [0.5, 0.6) is 5.75 Å². The highest BCUT2D eigenvalue weighted by Crippen LogP contribution is 2.36. The number of nitrogens with zero attached hydrogens (tertiary/aromatic N) is 7. The molecule has 0 radical (unpaired) electrons. The van der Waals surface area contributed by atoms with E-state index in [0.29, 0.717) is 24.8 Å². The summed E-state index contributed by atoms with van der Waals surface area (Å²) in [5.74, 6) is 0.304. The lowest BCUT2D eigenvalue weighted by atomic mass is 9.98. The monoisotopic (exact) mass is 612 g/mol. The maximum atomic E-state index is 13.8. The summed E-state index contributed by atoms with van der Waals surface area (Å²) in [6, 6.07) is 8.10. The number of hydrogen-bond donors (Lipinski definition) is 1. The summed E-state index contributed by atoms with van der Waals surface area (Å²) in [4.78, 5) is 15.0. The van der Waals surface area contributed by atoms with Crippen LogP contribution >= 0.6 is 11.6 Å². The van der Waals surface area contributed by atoms with Crippen LogP contribution in [0.1, 0.15) is 43.1 Å². The SMILES string of the molecule is CC(C)N(C)Cc1ccc2c(c1)OCCC2n1cc(CC2C(=O)NC=CN2S(=O)(=O)c2ccc(Cl)c3nonc23)nn1. The first-order valence-electron chi connectivity index (χ1n) is 13.4. The molecule has 0 fully saturated rings. The molecule has 13 nitrogen and oxygen atoms in total. The molecule has 15 heteroatoms. The molecule has 6 rings (SSSR count). The van der Waals surface area contributed by atoms with E-state index in [0.717, 1.165) is 27.7 Å². The van der Waals surface area contributed by atoms with Gasteiger partial charge in [-0.2, -0.15) is 0 Å². The molecule has 0 spiro atoms. The van der Waals surface area contributed by atoms with Crippen LogP contribution in [0, 0.1) is 0 Å². The highest BCUT2D eigenvalue weighted by molar-refractivity contribution is 7.89. The normalized spacial score (nSPS) is 18.9. The van der Waals surface area contributed by atoms with Crippen molar-refractivity contribution in [2.75, 3.05) is 13.7 Å². The summed E-state index contributed by atoms with van der Waals surface area (Å²) in [6.07, 6.45) is 4.99. The van der Waals surface area contributed by atoms with E-state index in [4.69, 9.17) is 21.0 Å². The number of rotatable bonds is 8. The van der Waals surface area contributed by atoms with Crippen LogP contribution in [0.25, 0.3) is 11.0 Å². The molecule has 0 bridgehead atoms. The predicted molar refractivity (Wildman–Crippen MR) is 152 cm³/mol. The summed E-state index contributed by atoms with van der Waals surface area (Å²) < 4.78 is 41.0. The minimum absolute atomic E-state index is 0.0141. The Balaban J connectivity index is 1.25. The number of ether oxygens (including phenoxy) is 1. The molecule has 2 aromatic carbocycles. The fourth-order valence-corrected chi connectivity index (χ4v) is 6.85. The first-order valence-corrected chi connectivity index (χ1v) is 15.2. The molecule has 2 aromatic heterocycles. The van der Waals surface area contributed by atoms with Crippen molar-refractivity contribution in [3.63, 3.8) is 0 Å². The first-order chi connectivity index (χ1) is 20.1. The van der Waals surface area contributed by atoms with Gasteiger partial charge in [-0.1, -0.05) is 28.9 Å². The molecule has 2 unspecified atom stereocenters. The molecule has 4 heterocycles. The summed E-state index contributed by atoms with van der Waals surface area (Å²) in [7, 11) is -2.18. The topological polar surface area (TPSA) is 149 Å². The van der Waals surface area contributed by atoms with Gasteiger partial charge in [-0.05, 0) is 55.0 Å². The lowest BCUT2D eigenvalue weighted by molar-refractivity contribution is -0.124.